The zero-order valence-corrected chi connectivity index (χ0v) is 24.6. The second-order valence-electron chi connectivity index (χ2n) is 9.00. The van der Waals surface area contributed by atoms with Gasteiger partial charge in [-0.2, -0.15) is 0 Å². The molecule has 0 fully saturated rings. The van der Waals surface area contributed by atoms with Gasteiger partial charge in [-0.3, -0.25) is 9.36 Å². The Morgan fingerprint density at radius 2 is 1.77 bits per heavy atom. The fourth-order valence-corrected chi connectivity index (χ4v) is 6.15. The fraction of sp³-hybridized carbons (Fsp3) is 0.194. The average Bonchev–Trinajstić information content (AvgIpc) is 3.29. The molecule has 0 spiro atoms. The quantitative estimate of drug-likeness (QED) is 0.255. The zero-order valence-electron chi connectivity index (χ0n) is 22.2. The van der Waals surface area contributed by atoms with E-state index in [1.165, 1.54) is 18.4 Å². The van der Waals surface area contributed by atoms with Crippen molar-refractivity contribution in [2.75, 3.05) is 14.2 Å². The Hall–Kier alpha value is -3.95. The van der Waals surface area contributed by atoms with Gasteiger partial charge in [0.25, 0.3) is 5.56 Å². The molecule has 1 aliphatic heterocycles. The van der Waals surface area contributed by atoms with Crippen molar-refractivity contribution in [3.8, 4) is 11.5 Å². The molecule has 0 aliphatic carbocycles. The largest absolute Gasteiger partial charge is 0.493 e. The molecular weight excluding hydrogens is 592 g/mol. The van der Waals surface area contributed by atoms with E-state index in [1.807, 2.05) is 79.7 Å². The molecule has 0 N–H and O–H groups in total. The molecule has 0 saturated heterocycles. The molecule has 1 atom stereocenters. The Morgan fingerprint density at radius 1 is 1.07 bits per heavy atom. The molecule has 2 heterocycles. The van der Waals surface area contributed by atoms with Gasteiger partial charge < -0.3 is 14.2 Å². The van der Waals surface area contributed by atoms with Gasteiger partial charge in [-0.25, -0.2) is 9.79 Å². The summed E-state index contributed by atoms with van der Waals surface area (Å²) in [5.41, 5.74) is 3.18. The van der Waals surface area contributed by atoms with E-state index < -0.39 is 12.0 Å². The van der Waals surface area contributed by atoms with E-state index in [0.29, 0.717) is 50.7 Å². The number of nitrogens with zero attached hydrogens (tertiary/aromatic N) is 2. The maximum atomic E-state index is 14.0. The highest BCUT2D eigenvalue weighted by Crippen LogP contribution is 2.36. The molecule has 3 aromatic carbocycles. The minimum Gasteiger partial charge on any atom is -0.493 e. The Kier molecular flexibility index (Phi) is 8.32. The van der Waals surface area contributed by atoms with E-state index in [2.05, 4.69) is 15.9 Å². The molecule has 1 aliphatic rings. The average molecular weight is 620 g/mol. The molecule has 0 amide bonds. The van der Waals surface area contributed by atoms with E-state index in [4.69, 9.17) is 19.2 Å². The molecule has 4 aromatic rings. The summed E-state index contributed by atoms with van der Waals surface area (Å²) in [4.78, 5) is 32.2. The lowest BCUT2D eigenvalue weighted by molar-refractivity contribution is -0.136. The van der Waals surface area contributed by atoms with E-state index in [9.17, 15) is 9.59 Å². The highest BCUT2D eigenvalue weighted by Gasteiger charge is 2.33. The monoisotopic (exact) mass is 618 g/mol. The lowest BCUT2D eigenvalue weighted by Crippen LogP contribution is -2.40. The van der Waals surface area contributed by atoms with Crippen molar-refractivity contribution in [2.45, 2.75) is 26.0 Å². The third kappa shape index (κ3) is 5.39. The van der Waals surface area contributed by atoms with Crippen LogP contribution in [0.15, 0.2) is 98.3 Å². The standard InChI is InChI=1S/C31H27BrN2O5S/c1-4-23-26(30(36)38-3)27(20-13-9-6-10-14-20)34-29(35)25(40-31(34)33-23)16-21-15-22(32)17-24(37-2)28(21)39-18-19-11-7-5-8-12-19/h5-17,27H,4,18H2,1-3H3/b25-16+/t27-/m0/s1. The lowest BCUT2D eigenvalue weighted by atomic mass is 9.95. The second-order valence-corrected chi connectivity index (χ2v) is 10.9. The van der Waals surface area contributed by atoms with Gasteiger partial charge in [-0.1, -0.05) is 94.9 Å². The van der Waals surface area contributed by atoms with Crippen LogP contribution in [0.25, 0.3) is 6.08 Å². The maximum absolute atomic E-state index is 14.0. The molecule has 9 heteroatoms. The number of thiazole rings is 1. The highest BCUT2D eigenvalue weighted by atomic mass is 79.9. The molecular formula is C31H27BrN2O5S. The van der Waals surface area contributed by atoms with Crippen molar-refractivity contribution in [2.24, 2.45) is 4.99 Å². The second kappa shape index (κ2) is 12.1. The number of hydrogen-bond acceptors (Lipinski definition) is 7. The summed E-state index contributed by atoms with van der Waals surface area (Å²) in [7, 11) is 2.92. The van der Waals surface area contributed by atoms with Crippen LogP contribution in [0, 0.1) is 0 Å². The van der Waals surface area contributed by atoms with Crippen LogP contribution in [-0.4, -0.2) is 24.8 Å². The number of allylic oxidation sites excluding steroid dienone is 1. The molecule has 7 nitrogen and oxygen atoms in total. The van der Waals surface area contributed by atoms with Crippen LogP contribution in [0.5, 0.6) is 11.5 Å². The van der Waals surface area contributed by atoms with Crippen molar-refractivity contribution in [3.63, 3.8) is 0 Å². The first-order chi connectivity index (χ1) is 19.4. The predicted molar refractivity (Wildman–Crippen MR) is 158 cm³/mol. The van der Waals surface area contributed by atoms with E-state index in [0.717, 1.165) is 15.6 Å². The van der Waals surface area contributed by atoms with Crippen molar-refractivity contribution >= 4 is 39.3 Å². The first-order valence-corrected chi connectivity index (χ1v) is 14.3. The summed E-state index contributed by atoms with van der Waals surface area (Å²) in [6.07, 6.45) is 2.30. The number of carbonyl (C=O) groups excluding carboxylic acids is 1. The molecule has 204 valence electrons. The number of ether oxygens (including phenoxy) is 3. The van der Waals surface area contributed by atoms with Crippen molar-refractivity contribution in [3.05, 3.63) is 125 Å². The van der Waals surface area contributed by atoms with E-state index in [1.54, 1.807) is 17.8 Å². The van der Waals surface area contributed by atoms with Gasteiger partial charge in [-0.15, -0.1) is 0 Å². The number of esters is 1. The SMILES string of the molecule is CCC1=C(C(=O)OC)[C@H](c2ccccc2)n2c(s/c(=C/c3cc(Br)cc(OC)c3OCc3ccccc3)c2=O)=N1. The number of rotatable bonds is 8. The number of fused-ring (bicyclic) bond motifs is 1. The molecule has 40 heavy (non-hydrogen) atoms. The third-order valence-electron chi connectivity index (χ3n) is 6.55. The molecule has 0 bridgehead atoms. The van der Waals surface area contributed by atoms with Crippen LogP contribution >= 0.6 is 27.3 Å². The molecule has 5 rings (SSSR count). The Labute approximate surface area is 243 Å². The smallest absolute Gasteiger partial charge is 0.338 e. The molecule has 0 saturated carbocycles. The first-order valence-electron chi connectivity index (χ1n) is 12.7. The lowest BCUT2D eigenvalue weighted by Gasteiger charge is -2.25. The first kappa shape index (κ1) is 27.6. The minimum absolute atomic E-state index is 0.262. The summed E-state index contributed by atoms with van der Waals surface area (Å²) in [6.45, 7) is 2.26. The zero-order chi connectivity index (χ0) is 28.2. The van der Waals surface area contributed by atoms with Gasteiger partial charge >= 0.3 is 5.97 Å². The summed E-state index contributed by atoms with van der Waals surface area (Å²) in [5, 5.41) is 0. The van der Waals surface area contributed by atoms with Crippen LogP contribution in [0.1, 0.15) is 36.1 Å². The molecule has 0 radical (unpaired) electrons. The van der Waals surface area contributed by atoms with Gasteiger partial charge in [0.1, 0.15) is 6.61 Å². The Balaban J connectivity index is 1.69. The van der Waals surface area contributed by atoms with Crippen LogP contribution in [-0.2, 0) is 16.1 Å². The van der Waals surface area contributed by atoms with Gasteiger partial charge in [0.2, 0.25) is 0 Å². The Morgan fingerprint density at radius 3 is 2.42 bits per heavy atom. The van der Waals surface area contributed by atoms with Gasteiger partial charge in [0, 0.05) is 10.0 Å². The summed E-state index contributed by atoms with van der Waals surface area (Å²) < 4.78 is 19.8. The normalized spacial score (nSPS) is 14.9. The van der Waals surface area contributed by atoms with Crippen LogP contribution < -0.4 is 24.4 Å². The maximum Gasteiger partial charge on any atom is 0.338 e. The van der Waals surface area contributed by atoms with Gasteiger partial charge in [-0.05, 0) is 35.8 Å². The number of benzene rings is 3. The van der Waals surface area contributed by atoms with Crippen LogP contribution in [0.3, 0.4) is 0 Å². The van der Waals surface area contributed by atoms with E-state index >= 15 is 0 Å². The van der Waals surface area contributed by atoms with E-state index in [-0.39, 0.29) is 5.56 Å². The fourth-order valence-electron chi connectivity index (χ4n) is 4.69. The third-order valence-corrected chi connectivity index (χ3v) is 7.99. The number of methoxy groups -OCH3 is 2. The number of carbonyl (C=O) groups is 1. The molecule has 0 unspecified atom stereocenters. The van der Waals surface area contributed by atoms with Crippen LogP contribution in [0.2, 0.25) is 0 Å². The molecule has 1 aromatic heterocycles. The van der Waals surface area contributed by atoms with Crippen molar-refractivity contribution in [1.29, 1.82) is 0 Å². The summed E-state index contributed by atoms with van der Waals surface area (Å²) in [5.74, 6) is 0.550. The summed E-state index contributed by atoms with van der Waals surface area (Å²) >= 11 is 4.82. The topological polar surface area (TPSA) is 79.1 Å². The van der Waals surface area contributed by atoms with Crippen molar-refractivity contribution in [1.82, 2.24) is 4.57 Å². The number of halogens is 1. The minimum atomic E-state index is -0.659. The predicted octanol–water partition coefficient (Wildman–Crippen LogP) is 5.15. The summed E-state index contributed by atoms with van der Waals surface area (Å²) in [6, 6.07) is 22.3. The highest BCUT2D eigenvalue weighted by molar-refractivity contribution is 9.10. The van der Waals surface area contributed by atoms with Gasteiger partial charge in [0.05, 0.1) is 36.1 Å². The Bertz CT molecular complexity index is 1760. The van der Waals surface area contributed by atoms with Gasteiger partial charge in [0.15, 0.2) is 16.3 Å². The number of hydrogen-bond donors (Lipinski definition) is 0. The van der Waals surface area contributed by atoms with Crippen LogP contribution in [0.4, 0.5) is 0 Å². The van der Waals surface area contributed by atoms with Crippen molar-refractivity contribution < 1.29 is 19.0 Å². The number of aromatic nitrogens is 1.